The van der Waals surface area contributed by atoms with E-state index in [0.717, 1.165) is 5.69 Å². The maximum absolute atomic E-state index is 5.76. The average molecular weight is 258 g/mol. The van der Waals surface area contributed by atoms with Gasteiger partial charge in [0.25, 0.3) is 0 Å². The molecule has 1 spiro atoms. The van der Waals surface area contributed by atoms with Crippen LogP contribution in [0, 0.1) is 5.41 Å². The van der Waals surface area contributed by atoms with E-state index >= 15 is 0 Å². The number of benzene rings is 1. The Hall–Kier alpha value is -1.02. The Morgan fingerprint density at radius 3 is 2.16 bits per heavy atom. The van der Waals surface area contributed by atoms with Crippen LogP contribution in [-0.2, 0) is 0 Å². The van der Waals surface area contributed by atoms with Crippen molar-refractivity contribution in [3.63, 3.8) is 0 Å². The second kappa shape index (κ2) is 5.16. The van der Waals surface area contributed by atoms with Gasteiger partial charge in [0.05, 0.1) is 0 Å². The van der Waals surface area contributed by atoms with Crippen LogP contribution in [0.5, 0.6) is 0 Å². The Bertz CT molecular complexity index is 407. The van der Waals surface area contributed by atoms with E-state index in [1.807, 2.05) is 12.1 Å². The van der Waals surface area contributed by atoms with Crippen molar-refractivity contribution < 1.29 is 0 Å². The molecule has 0 aromatic heterocycles. The highest BCUT2D eigenvalue weighted by molar-refractivity contribution is 5.40. The Morgan fingerprint density at radius 2 is 1.58 bits per heavy atom. The molecule has 0 radical (unpaired) electrons. The minimum atomic E-state index is 0.537. The highest BCUT2D eigenvalue weighted by Gasteiger charge is 2.44. The van der Waals surface area contributed by atoms with E-state index in [1.54, 1.807) is 0 Å². The van der Waals surface area contributed by atoms with Crippen LogP contribution in [0.1, 0.15) is 57.1 Å². The van der Waals surface area contributed by atoms with E-state index in [2.05, 4.69) is 24.0 Å². The van der Waals surface area contributed by atoms with Gasteiger partial charge in [-0.1, -0.05) is 37.8 Å². The lowest BCUT2D eigenvalue weighted by Crippen LogP contribution is -2.56. The molecule has 1 atom stereocenters. The normalized spacial score (nSPS) is 24.7. The Labute approximate surface area is 117 Å². The third-order valence-corrected chi connectivity index (χ3v) is 5.21. The summed E-state index contributed by atoms with van der Waals surface area (Å²) < 4.78 is 0. The zero-order chi connectivity index (χ0) is 13.3. The quantitative estimate of drug-likeness (QED) is 0.813. The topological polar surface area (TPSA) is 29.3 Å². The first-order chi connectivity index (χ1) is 9.19. The van der Waals surface area contributed by atoms with Crippen molar-refractivity contribution in [1.29, 1.82) is 0 Å². The summed E-state index contributed by atoms with van der Waals surface area (Å²) in [5, 5.41) is 0. The van der Waals surface area contributed by atoms with E-state index in [9.17, 15) is 0 Å². The number of nitrogens with zero attached hydrogens (tertiary/aromatic N) is 1. The van der Waals surface area contributed by atoms with E-state index in [1.165, 1.54) is 57.2 Å². The van der Waals surface area contributed by atoms with Gasteiger partial charge in [0.2, 0.25) is 0 Å². The number of nitrogens with two attached hydrogens (primary N) is 1. The molecule has 2 heteroatoms. The zero-order valence-electron chi connectivity index (χ0n) is 12.1. The van der Waals surface area contributed by atoms with Crippen LogP contribution in [0.15, 0.2) is 24.3 Å². The molecule has 19 heavy (non-hydrogen) atoms. The summed E-state index contributed by atoms with van der Waals surface area (Å²) in [5.74, 6) is 0. The third-order valence-electron chi connectivity index (χ3n) is 5.21. The van der Waals surface area contributed by atoms with E-state index < -0.39 is 0 Å². The number of hydrogen-bond donors (Lipinski definition) is 1. The molecule has 0 amide bonds. The van der Waals surface area contributed by atoms with E-state index in [-0.39, 0.29) is 0 Å². The maximum atomic E-state index is 5.76. The molecule has 2 N–H and O–H groups in total. The highest BCUT2D eigenvalue weighted by atomic mass is 15.2. The summed E-state index contributed by atoms with van der Waals surface area (Å²) in [6.07, 6.45) is 8.72. The first kappa shape index (κ1) is 13.0. The lowest BCUT2D eigenvalue weighted by atomic mass is 9.72. The predicted molar refractivity (Wildman–Crippen MR) is 81.0 cm³/mol. The highest BCUT2D eigenvalue weighted by Crippen LogP contribution is 2.45. The summed E-state index contributed by atoms with van der Waals surface area (Å²) in [4.78, 5) is 2.64. The van der Waals surface area contributed by atoms with Gasteiger partial charge in [0.15, 0.2) is 0 Å². The van der Waals surface area contributed by atoms with Gasteiger partial charge in [-0.25, -0.2) is 0 Å². The Morgan fingerprint density at radius 1 is 1.00 bits per heavy atom. The molecule has 0 bridgehead atoms. The van der Waals surface area contributed by atoms with Gasteiger partial charge in [-0.2, -0.15) is 0 Å². The molecule has 1 heterocycles. The molecule has 1 saturated heterocycles. The smallest absolute Gasteiger partial charge is 0.0320 e. The van der Waals surface area contributed by atoms with Gasteiger partial charge in [-0.05, 0) is 42.9 Å². The monoisotopic (exact) mass is 258 g/mol. The van der Waals surface area contributed by atoms with Crippen LogP contribution in [0.25, 0.3) is 0 Å². The lowest BCUT2D eigenvalue weighted by Gasteiger charge is -2.53. The van der Waals surface area contributed by atoms with Crippen molar-refractivity contribution in [3.05, 3.63) is 29.8 Å². The average Bonchev–Trinajstić information content (AvgIpc) is 2.63. The fourth-order valence-corrected chi connectivity index (χ4v) is 3.87. The molecule has 1 aliphatic heterocycles. The summed E-state index contributed by atoms with van der Waals surface area (Å²) in [6, 6.07) is 8.94. The molecule has 1 unspecified atom stereocenters. The number of likely N-dealkylation sites (tertiary alicyclic amines) is 1. The zero-order valence-corrected chi connectivity index (χ0v) is 12.1. The number of hydrogen-bond acceptors (Lipinski definition) is 2. The van der Waals surface area contributed by atoms with Crippen LogP contribution in [0.2, 0.25) is 0 Å². The maximum Gasteiger partial charge on any atom is 0.0320 e. The summed E-state index contributed by atoms with van der Waals surface area (Å²) >= 11 is 0. The van der Waals surface area contributed by atoms with Gasteiger partial charge in [-0.15, -0.1) is 0 Å². The summed E-state index contributed by atoms with van der Waals surface area (Å²) in [5.41, 5.74) is 8.69. The molecule has 1 saturated carbocycles. The minimum absolute atomic E-state index is 0.537. The Balaban J connectivity index is 1.61. The SMILES string of the molecule is CC(c1ccc(N)cc1)N1CC2(CCCCCC2)C1. The predicted octanol–water partition coefficient (Wildman–Crippen LogP) is 3.99. The molecular weight excluding hydrogens is 232 g/mol. The van der Waals surface area contributed by atoms with Crippen molar-refractivity contribution in [1.82, 2.24) is 4.90 Å². The van der Waals surface area contributed by atoms with E-state index in [4.69, 9.17) is 5.73 Å². The fourth-order valence-electron chi connectivity index (χ4n) is 3.87. The first-order valence-electron chi connectivity index (χ1n) is 7.78. The van der Waals surface area contributed by atoms with Crippen LogP contribution in [0.4, 0.5) is 5.69 Å². The van der Waals surface area contributed by atoms with Crippen molar-refractivity contribution in [2.24, 2.45) is 5.41 Å². The van der Waals surface area contributed by atoms with Crippen molar-refractivity contribution in [2.45, 2.75) is 51.5 Å². The molecule has 104 valence electrons. The van der Waals surface area contributed by atoms with Crippen molar-refractivity contribution in [3.8, 4) is 0 Å². The minimum Gasteiger partial charge on any atom is -0.399 e. The van der Waals surface area contributed by atoms with Gasteiger partial charge in [-0.3, -0.25) is 4.90 Å². The number of anilines is 1. The van der Waals surface area contributed by atoms with Crippen LogP contribution in [0.3, 0.4) is 0 Å². The van der Waals surface area contributed by atoms with Gasteiger partial charge >= 0.3 is 0 Å². The summed E-state index contributed by atoms with van der Waals surface area (Å²) in [6.45, 7) is 4.94. The molecule has 2 nitrogen and oxygen atoms in total. The van der Waals surface area contributed by atoms with Crippen LogP contribution in [-0.4, -0.2) is 18.0 Å². The molecule has 1 aromatic carbocycles. The van der Waals surface area contributed by atoms with Crippen molar-refractivity contribution >= 4 is 5.69 Å². The molecule has 2 fully saturated rings. The second-order valence-corrected chi connectivity index (χ2v) is 6.66. The van der Waals surface area contributed by atoms with Crippen LogP contribution < -0.4 is 5.73 Å². The third kappa shape index (κ3) is 2.64. The molecule has 1 aliphatic carbocycles. The molecule has 3 rings (SSSR count). The number of nitrogen functional groups attached to an aromatic ring is 1. The fraction of sp³-hybridized carbons (Fsp3) is 0.647. The molecular formula is C17H26N2. The largest absolute Gasteiger partial charge is 0.399 e. The number of rotatable bonds is 2. The van der Waals surface area contributed by atoms with Gasteiger partial charge < -0.3 is 5.73 Å². The van der Waals surface area contributed by atoms with Crippen LogP contribution >= 0.6 is 0 Å². The van der Waals surface area contributed by atoms with E-state index in [0.29, 0.717) is 11.5 Å². The second-order valence-electron chi connectivity index (χ2n) is 6.66. The van der Waals surface area contributed by atoms with Crippen molar-refractivity contribution in [2.75, 3.05) is 18.8 Å². The first-order valence-corrected chi connectivity index (χ1v) is 7.78. The Kier molecular flexibility index (Phi) is 3.53. The van der Waals surface area contributed by atoms with Gasteiger partial charge in [0, 0.05) is 24.8 Å². The van der Waals surface area contributed by atoms with Gasteiger partial charge in [0.1, 0.15) is 0 Å². The molecule has 2 aliphatic rings. The summed E-state index contributed by atoms with van der Waals surface area (Å²) in [7, 11) is 0. The lowest BCUT2D eigenvalue weighted by molar-refractivity contribution is -0.0380. The molecule has 1 aromatic rings. The standard InChI is InChI=1S/C17H26N2/c1-14(15-6-8-16(18)9-7-15)19-12-17(13-19)10-4-2-3-5-11-17/h6-9,14H,2-5,10-13,18H2,1H3.